The Labute approximate surface area is 105 Å². The molecule has 2 N–H and O–H groups in total. The number of aromatic nitrogens is 3. The molecule has 5 heteroatoms. The number of halogens is 1. The molecule has 2 aromatic rings. The van der Waals surface area contributed by atoms with E-state index >= 15 is 0 Å². The van der Waals surface area contributed by atoms with Gasteiger partial charge in [0.05, 0.1) is 0 Å². The second-order valence-corrected chi connectivity index (χ2v) is 5.10. The molecule has 0 radical (unpaired) electrons. The fraction of sp³-hybridized carbons (Fsp3) is 0.308. The number of benzene rings is 1. The van der Waals surface area contributed by atoms with E-state index in [4.69, 9.17) is 5.73 Å². The molecule has 0 spiro atoms. The van der Waals surface area contributed by atoms with Crippen LogP contribution in [-0.4, -0.2) is 15.0 Å². The van der Waals surface area contributed by atoms with E-state index in [1.807, 2.05) is 20.8 Å². The van der Waals surface area contributed by atoms with Crippen molar-refractivity contribution in [1.29, 1.82) is 0 Å². The van der Waals surface area contributed by atoms with E-state index in [0.717, 1.165) is 0 Å². The van der Waals surface area contributed by atoms with Gasteiger partial charge in [0.1, 0.15) is 11.6 Å². The zero-order chi connectivity index (χ0) is 13.3. The minimum absolute atomic E-state index is 0.147. The van der Waals surface area contributed by atoms with Crippen molar-refractivity contribution in [3.63, 3.8) is 0 Å². The van der Waals surface area contributed by atoms with E-state index in [-0.39, 0.29) is 17.2 Å². The average molecular weight is 246 g/mol. The Balaban J connectivity index is 2.55. The molecule has 0 saturated carbocycles. The summed E-state index contributed by atoms with van der Waals surface area (Å²) in [5.41, 5.74) is 6.03. The molecule has 0 saturated heterocycles. The second-order valence-electron chi connectivity index (χ2n) is 5.10. The Morgan fingerprint density at radius 3 is 2.44 bits per heavy atom. The van der Waals surface area contributed by atoms with E-state index < -0.39 is 0 Å². The number of nitrogen functional groups attached to an aromatic ring is 1. The summed E-state index contributed by atoms with van der Waals surface area (Å²) in [6.45, 7) is 5.95. The van der Waals surface area contributed by atoms with E-state index in [1.165, 1.54) is 12.1 Å². The van der Waals surface area contributed by atoms with E-state index in [1.54, 1.807) is 12.1 Å². The molecule has 0 atom stereocenters. The van der Waals surface area contributed by atoms with Gasteiger partial charge in [0.2, 0.25) is 5.95 Å². The van der Waals surface area contributed by atoms with Crippen LogP contribution in [0.15, 0.2) is 24.3 Å². The smallest absolute Gasteiger partial charge is 0.223 e. The number of anilines is 1. The predicted octanol–water partition coefficient (Wildman–Crippen LogP) is 2.56. The van der Waals surface area contributed by atoms with Crippen LogP contribution >= 0.6 is 0 Å². The van der Waals surface area contributed by atoms with Gasteiger partial charge in [-0.3, -0.25) is 0 Å². The summed E-state index contributed by atoms with van der Waals surface area (Å²) in [6.07, 6.45) is 0. The average Bonchev–Trinajstić information content (AvgIpc) is 2.27. The predicted molar refractivity (Wildman–Crippen MR) is 68.3 cm³/mol. The van der Waals surface area contributed by atoms with Gasteiger partial charge < -0.3 is 5.73 Å². The molecule has 94 valence electrons. The summed E-state index contributed by atoms with van der Waals surface area (Å²) >= 11 is 0. The molecule has 0 fully saturated rings. The third-order valence-corrected chi connectivity index (χ3v) is 2.41. The lowest BCUT2D eigenvalue weighted by atomic mass is 9.96. The first kappa shape index (κ1) is 12.4. The third kappa shape index (κ3) is 2.61. The van der Waals surface area contributed by atoms with Crippen LogP contribution in [0.2, 0.25) is 0 Å². The first-order valence-electron chi connectivity index (χ1n) is 5.64. The summed E-state index contributed by atoms with van der Waals surface area (Å²) in [5.74, 6) is 0.805. The lowest BCUT2D eigenvalue weighted by Gasteiger charge is -2.17. The van der Waals surface area contributed by atoms with Crippen LogP contribution in [0.25, 0.3) is 11.4 Å². The Morgan fingerprint density at radius 1 is 1.11 bits per heavy atom. The van der Waals surface area contributed by atoms with Gasteiger partial charge in [-0.25, -0.2) is 9.37 Å². The van der Waals surface area contributed by atoms with E-state index in [9.17, 15) is 4.39 Å². The van der Waals surface area contributed by atoms with Crippen molar-refractivity contribution >= 4 is 5.95 Å². The van der Waals surface area contributed by atoms with E-state index in [0.29, 0.717) is 17.2 Å². The minimum atomic E-state index is -0.330. The van der Waals surface area contributed by atoms with Crippen LogP contribution in [-0.2, 0) is 5.41 Å². The van der Waals surface area contributed by atoms with Crippen molar-refractivity contribution in [3.05, 3.63) is 35.9 Å². The molecule has 1 heterocycles. The normalized spacial score (nSPS) is 11.6. The van der Waals surface area contributed by atoms with Gasteiger partial charge in [-0.2, -0.15) is 9.97 Å². The van der Waals surface area contributed by atoms with Gasteiger partial charge in [0, 0.05) is 11.0 Å². The highest BCUT2D eigenvalue weighted by molar-refractivity contribution is 5.55. The van der Waals surface area contributed by atoms with Crippen molar-refractivity contribution < 1.29 is 4.39 Å². The maximum Gasteiger partial charge on any atom is 0.223 e. The van der Waals surface area contributed by atoms with Crippen LogP contribution in [0.1, 0.15) is 26.6 Å². The van der Waals surface area contributed by atoms with Gasteiger partial charge >= 0.3 is 0 Å². The fourth-order valence-corrected chi connectivity index (χ4v) is 1.48. The van der Waals surface area contributed by atoms with Crippen molar-refractivity contribution in [2.75, 3.05) is 5.73 Å². The number of rotatable bonds is 1. The van der Waals surface area contributed by atoms with Gasteiger partial charge in [-0.15, -0.1) is 0 Å². The van der Waals surface area contributed by atoms with Crippen LogP contribution < -0.4 is 5.73 Å². The quantitative estimate of drug-likeness (QED) is 0.839. The molecule has 0 aliphatic carbocycles. The molecule has 0 aliphatic heterocycles. The molecule has 2 rings (SSSR count). The fourth-order valence-electron chi connectivity index (χ4n) is 1.48. The maximum absolute atomic E-state index is 13.2. The van der Waals surface area contributed by atoms with Gasteiger partial charge in [-0.05, 0) is 12.1 Å². The zero-order valence-corrected chi connectivity index (χ0v) is 10.6. The summed E-state index contributed by atoms with van der Waals surface area (Å²) < 4.78 is 13.2. The number of hydrogen-bond acceptors (Lipinski definition) is 4. The van der Waals surface area contributed by atoms with Crippen molar-refractivity contribution in [2.24, 2.45) is 0 Å². The SMILES string of the molecule is CC(C)(C)c1nc(N)nc(-c2cccc(F)c2)n1. The van der Waals surface area contributed by atoms with Crippen molar-refractivity contribution in [3.8, 4) is 11.4 Å². The molecule has 18 heavy (non-hydrogen) atoms. The Kier molecular flexibility index (Phi) is 2.98. The first-order chi connectivity index (χ1) is 8.36. The van der Waals surface area contributed by atoms with Crippen LogP contribution in [0, 0.1) is 5.82 Å². The highest BCUT2D eigenvalue weighted by Crippen LogP contribution is 2.22. The molecular formula is C13H15FN4. The highest BCUT2D eigenvalue weighted by atomic mass is 19.1. The molecular weight excluding hydrogens is 231 g/mol. The molecule has 1 aromatic heterocycles. The molecule has 0 amide bonds. The van der Waals surface area contributed by atoms with Gasteiger partial charge in [0.25, 0.3) is 0 Å². The van der Waals surface area contributed by atoms with Crippen LogP contribution in [0.3, 0.4) is 0 Å². The molecule has 0 aliphatic rings. The topological polar surface area (TPSA) is 64.7 Å². The third-order valence-electron chi connectivity index (χ3n) is 2.41. The second kappa shape index (κ2) is 4.33. The molecule has 4 nitrogen and oxygen atoms in total. The first-order valence-corrected chi connectivity index (χ1v) is 5.64. The minimum Gasteiger partial charge on any atom is -0.368 e. The van der Waals surface area contributed by atoms with Crippen molar-refractivity contribution in [2.45, 2.75) is 26.2 Å². The number of nitrogens with zero attached hydrogens (tertiary/aromatic N) is 3. The lowest BCUT2D eigenvalue weighted by molar-refractivity contribution is 0.544. The van der Waals surface area contributed by atoms with Gasteiger partial charge in [-0.1, -0.05) is 32.9 Å². The largest absolute Gasteiger partial charge is 0.368 e. The zero-order valence-electron chi connectivity index (χ0n) is 10.6. The standard InChI is InChI=1S/C13H15FN4/c1-13(2,3)11-16-10(17-12(15)18-11)8-5-4-6-9(14)7-8/h4-7H,1-3H3,(H2,15,16,17,18). The monoisotopic (exact) mass is 246 g/mol. The highest BCUT2D eigenvalue weighted by Gasteiger charge is 2.19. The summed E-state index contributed by atoms with van der Waals surface area (Å²) in [5, 5.41) is 0. The maximum atomic E-state index is 13.2. The lowest BCUT2D eigenvalue weighted by Crippen LogP contribution is -2.18. The Hall–Kier alpha value is -2.04. The molecule has 0 unspecified atom stereocenters. The van der Waals surface area contributed by atoms with E-state index in [2.05, 4.69) is 15.0 Å². The Morgan fingerprint density at radius 2 is 1.83 bits per heavy atom. The van der Waals surface area contributed by atoms with Gasteiger partial charge in [0.15, 0.2) is 5.82 Å². The molecule has 0 bridgehead atoms. The van der Waals surface area contributed by atoms with Crippen LogP contribution in [0.4, 0.5) is 10.3 Å². The van der Waals surface area contributed by atoms with Crippen molar-refractivity contribution in [1.82, 2.24) is 15.0 Å². The number of nitrogens with two attached hydrogens (primary N) is 1. The van der Waals surface area contributed by atoms with Crippen LogP contribution in [0.5, 0.6) is 0 Å². The molecule has 1 aromatic carbocycles. The summed E-state index contributed by atoms with van der Waals surface area (Å²) in [6, 6.07) is 6.10. The number of hydrogen-bond donors (Lipinski definition) is 1. The Bertz CT molecular complexity index is 575. The summed E-state index contributed by atoms with van der Waals surface area (Å²) in [7, 11) is 0. The summed E-state index contributed by atoms with van der Waals surface area (Å²) in [4.78, 5) is 12.5.